The summed E-state index contributed by atoms with van der Waals surface area (Å²) in [5.41, 5.74) is 3.66. The molecule has 1 unspecified atom stereocenters. The first-order valence-electron chi connectivity index (χ1n) is 7.67. The SMILES string of the molecule is COc1ccc(CCC(O)c2cccc(C3CC3)c2)cc1. The summed E-state index contributed by atoms with van der Waals surface area (Å²) in [5, 5.41) is 10.4. The highest BCUT2D eigenvalue weighted by atomic mass is 16.5. The van der Waals surface area contributed by atoms with Crippen molar-refractivity contribution in [3.05, 3.63) is 65.2 Å². The van der Waals surface area contributed by atoms with Gasteiger partial charge in [-0.1, -0.05) is 36.4 Å². The fraction of sp³-hybridized carbons (Fsp3) is 0.368. The van der Waals surface area contributed by atoms with E-state index < -0.39 is 0 Å². The molecule has 110 valence electrons. The molecule has 0 radical (unpaired) electrons. The van der Waals surface area contributed by atoms with E-state index >= 15 is 0 Å². The molecule has 2 heteroatoms. The third-order valence-corrected chi connectivity index (χ3v) is 4.21. The number of aliphatic hydroxyl groups excluding tert-OH is 1. The summed E-state index contributed by atoms with van der Waals surface area (Å²) in [7, 11) is 1.67. The molecule has 21 heavy (non-hydrogen) atoms. The molecule has 1 fully saturated rings. The molecule has 3 rings (SSSR count). The molecule has 0 saturated heterocycles. The number of hydrogen-bond donors (Lipinski definition) is 1. The van der Waals surface area contributed by atoms with Gasteiger partial charge in [-0.2, -0.15) is 0 Å². The number of hydrogen-bond acceptors (Lipinski definition) is 2. The van der Waals surface area contributed by atoms with Gasteiger partial charge in [-0.3, -0.25) is 0 Å². The Morgan fingerprint density at radius 3 is 2.57 bits per heavy atom. The van der Waals surface area contributed by atoms with Crippen LogP contribution >= 0.6 is 0 Å². The lowest BCUT2D eigenvalue weighted by Crippen LogP contribution is -2.00. The van der Waals surface area contributed by atoms with Gasteiger partial charge in [0.25, 0.3) is 0 Å². The quantitative estimate of drug-likeness (QED) is 0.858. The average Bonchev–Trinajstić information content (AvgIpc) is 3.38. The Balaban J connectivity index is 1.60. The minimum atomic E-state index is -0.384. The van der Waals surface area contributed by atoms with E-state index in [0.29, 0.717) is 0 Å². The van der Waals surface area contributed by atoms with Gasteiger partial charge in [0, 0.05) is 0 Å². The average molecular weight is 282 g/mol. The van der Waals surface area contributed by atoms with Gasteiger partial charge in [0.05, 0.1) is 13.2 Å². The van der Waals surface area contributed by atoms with Gasteiger partial charge in [-0.15, -0.1) is 0 Å². The second-order valence-electron chi connectivity index (χ2n) is 5.85. The molecule has 0 bridgehead atoms. The van der Waals surface area contributed by atoms with Crippen molar-refractivity contribution < 1.29 is 9.84 Å². The molecule has 0 aromatic heterocycles. The molecule has 0 heterocycles. The van der Waals surface area contributed by atoms with Crippen LogP contribution in [0.3, 0.4) is 0 Å². The smallest absolute Gasteiger partial charge is 0.118 e. The largest absolute Gasteiger partial charge is 0.497 e. The van der Waals surface area contributed by atoms with Crippen molar-refractivity contribution in [3.63, 3.8) is 0 Å². The molecular weight excluding hydrogens is 260 g/mol. The highest BCUT2D eigenvalue weighted by molar-refractivity contribution is 5.31. The molecule has 2 aromatic rings. The van der Waals surface area contributed by atoms with E-state index in [-0.39, 0.29) is 6.10 Å². The Morgan fingerprint density at radius 2 is 1.90 bits per heavy atom. The lowest BCUT2D eigenvalue weighted by atomic mass is 9.98. The van der Waals surface area contributed by atoms with E-state index in [2.05, 4.69) is 30.3 Å². The van der Waals surface area contributed by atoms with E-state index in [1.807, 2.05) is 18.2 Å². The first kappa shape index (κ1) is 14.2. The maximum atomic E-state index is 10.4. The van der Waals surface area contributed by atoms with Gasteiger partial charge >= 0.3 is 0 Å². The summed E-state index contributed by atoms with van der Waals surface area (Å²) >= 11 is 0. The van der Waals surface area contributed by atoms with Crippen LogP contribution in [0.2, 0.25) is 0 Å². The highest BCUT2D eigenvalue weighted by Gasteiger charge is 2.23. The molecule has 1 atom stereocenters. The van der Waals surface area contributed by atoms with Crippen molar-refractivity contribution in [3.8, 4) is 5.75 Å². The van der Waals surface area contributed by atoms with Crippen LogP contribution in [0.4, 0.5) is 0 Å². The van der Waals surface area contributed by atoms with Crippen molar-refractivity contribution in [1.82, 2.24) is 0 Å². The molecule has 1 saturated carbocycles. The van der Waals surface area contributed by atoms with Crippen LogP contribution in [0.1, 0.15) is 48.0 Å². The van der Waals surface area contributed by atoms with Gasteiger partial charge in [0.1, 0.15) is 5.75 Å². The van der Waals surface area contributed by atoms with Gasteiger partial charge in [0.15, 0.2) is 0 Å². The maximum absolute atomic E-state index is 10.4. The predicted molar refractivity (Wildman–Crippen MR) is 84.7 cm³/mol. The Hall–Kier alpha value is -1.80. The standard InChI is InChI=1S/C19H22O2/c1-21-18-10-5-14(6-11-18)7-12-19(20)17-4-2-3-16(13-17)15-8-9-15/h2-6,10-11,13,15,19-20H,7-9,12H2,1H3. The Morgan fingerprint density at radius 1 is 1.14 bits per heavy atom. The topological polar surface area (TPSA) is 29.5 Å². The zero-order valence-corrected chi connectivity index (χ0v) is 12.5. The molecule has 1 aliphatic carbocycles. The molecule has 1 aliphatic rings. The van der Waals surface area contributed by atoms with Crippen LogP contribution in [-0.2, 0) is 6.42 Å². The van der Waals surface area contributed by atoms with Gasteiger partial charge in [0.2, 0.25) is 0 Å². The molecule has 0 amide bonds. The van der Waals surface area contributed by atoms with Gasteiger partial charge in [-0.05, 0) is 60.4 Å². The first-order valence-corrected chi connectivity index (χ1v) is 7.67. The number of aryl methyl sites for hydroxylation is 1. The Labute approximate surface area is 126 Å². The van der Waals surface area contributed by atoms with Gasteiger partial charge in [-0.25, -0.2) is 0 Å². The molecular formula is C19H22O2. The third-order valence-electron chi connectivity index (χ3n) is 4.21. The summed E-state index contributed by atoms with van der Waals surface area (Å²) in [5.74, 6) is 1.61. The number of methoxy groups -OCH3 is 1. The molecule has 1 N–H and O–H groups in total. The summed E-state index contributed by atoms with van der Waals surface area (Å²) in [6.45, 7) is 0. The van der Waals surface area contributed by atoms with Crippen LogP contribution in [0.5, 0.6) is 5.75 Å². The van der Waals surface area contributed by atoms with Crippen LogP contribution in [0.15, 0.2) is 48.5 Å². The summed E-state index contributed by atoms with van der Waals surface area (Å²) < 4.78 is 5.16. The number of ether oxygens (including phenoxy) is 1. The van der Waals surface area contributed by atoms with Gasteiger partial charge < -0.3 is 9.84 Å². The fourth-order valence-electron chi connectivity index (χ4n) is 2.70. The van der Waals surface area contributed by atoms with Crippen molar-refractivity contribution >= 4 is 0 Å². The van der Waals surface area contributed by atoms with E-state index in [0.717, 1.165) is 30.1 Å². The number of benzene rings is 2. The first-order chi connectivity index (χ1) is 10.3. The molecule has 2 nitrogen and oxygen atoms in total. The summed E-state index contributed by atoms with van der Waals surface area (Å²) in [6, 6.07) is 16.5. The Kier molecular flexibility index (Phi) is 4.26. The maximum Gasteiger partial charge on any atom is 0.118 e. The lowest BCUT2D eigenvalue weighted by Gasteiger charge is -2.12. The van der Waals surface area contributed by atoms with Crippen LogP contribution < -0.4 is 4.74 Å². The number of rotatable bonds is 6. The summed E-state index contributed by atoms with van der Waals surface area (Å²) in [6.07, 6.45) is 3.83. The molecule has 0 spiro atoms. The van der Waals surface area contributed by atoms with Crippen molar-refractivity contribution in [2.45, 2.75) is 37.7 Å². The zero-order valence-electron chi connectivity index (χ0n) is 12.5. The van der Waals surface area contributed by atoms with Crippen molar-refractivity contribution in [2.24, 2.45) is 0 Å². The molecule has 0 aliphatic heterocycles. The normalized spacial score (nSPS) is 15.7. The van der Waals surface area contributed by atoms with E-state index in [4.69, 9.17) is 4.74 Å². The minimum absolute atomic E-state index is 0.384. The van der Waals surface area contributed by atoms with Crippen LogP contribution in [0, 0.1) is 0 Å². The number of aliphatic hydroxyl groups is 1. The highest BCUT2D eigenvalue weighted by Crippen LogP contribution is 2.40. The van der Waals surface area contributed by atoms with Crippen LogP contribution in [-0.4, -0.2) is 12.2 Å². The van der Waals surface area contributed by atoms with Crippen molar-refractivity contribution in [2.75, 3.05) is 7.11 Å². The van der Waals surface area contributed by atoms with Crippen molar-refractivity contribution in [1.29, 1.82) is 0 Å². The Bertz CT molecular complexity index is 585. The molecule has 2 aromatic carbocycles. The predicted octanol–water partition coefficient (Wildman–Crippen LogP) is 4.24. The van der Waals surface area contributed by atoms with E-state index in [1.165, 1.54) is 24.0 Å². The van der Waals surface area contributed by atoms with E-state index in [9.17, 15) is 5.11 Å². The van der Waals surface area contributed by atoms with Crippen LogP contribution in [0.25, 0.3) is 0 Å². The zero-order chi connectivity index (χ0) is 14.7. The second-order valence-corrected chi connectivity index (χ2v) is 5.85. The monoisotopic (exact) mass is 282 g/mol. The fourth-order valence-corrected chi connectivity index (χ4v) is 2.70. The lowest BCUT2D eigenvalue weighted by molar-refractivity contribution is 0.168. The minimum Gasteiger partial charge on any atom is -0.497 e. The third kappa shape index (κ3) is 3.64. The summed E-state index contributed by atoms with van der Waals surface area (Å²) in [4.78, 5) is 0. The van der Waals surface area contributed by atoms with E-state index in [1.54, 1.807) is 7.11 Å². The second kappa shape index (κ2) is 6.31.